The van der Waals surface area contributed by atoms with Crippen LogP contribution in [-0.4, -0.2) is 49.3 Å². The van der Waals surface area contributed by atoms with Gasteiger partial charge in [-0.2, -0.15) is 0 Å². The van der Waals surface area contributed by atoms with Crippen LogP contribution in [0.1, 0.15) is 31.7 Å². The molecule has 1 spiro atoms. The number of benzene rings is 1. The molecule has 4 rings (SSSR count). The summed E-state index contributed by atoms with van der Waals surface area (Å²) >= 11 is 6.27. The predicted octanol–water partition coefficient (Wildman–Crippen LogP) is 2.85. The van der Waals surface area contributed by atoms with Gasteiger partial charge in [0.2, 0.25) is 5.91 Å². The SMILES string of the molecule is CCC(=O)NC[C@H]1[C@H]2CN(Cc3ccc(OC)c(Cl)c3)C[C@]23CC[C@H]1O3. The molecule has 3 fully saturated rings. The molecule has 4 atom stereocenters. The molecule has 0 radical (unpaired) electrons. The molecule has 0 saturated carbocycles. The number of rotatable bonds is 6. The Hall–Kier alpha value is -1.30. The number of ether oxygens (including phenoxy) is 2. The number of hydrogen-bond donors (Lipinski definition) is 1. The number of halogens is 1. The quantitative estimate of drug-likeness (QED) is 0.827. The van der Waals surface area contributed by atoms with Crippen molar-refractivity contribution in [1.29, 1.82) is 0 Å². The van der Waals surface area contributed by atoms with E-state index in [9.17, 15) is 4.79 Å². The maximum atomic E-state index is 11.7. The summed E-state index contributed by atoms with van der Waals surface area (Å²) in [6.07, 6.45) is 3.11. The van der Waals surface area contributed by atoms with E-state index in [1.807, 2.05) is 19.1 Å². The highest BCUT2D eigenvalue weighted by Crippen LogP contribution is 2.54. The number of carbonyl (C=O) groups is 1. The standard InChI is InChI=1S/C20H27ClN2O3/c1-3-19(24)22-9-14-15-11-23(12-20(15)7-6-17(14)26-20)10-13-4-5-18(25-2)16(21)8-13/h4-5,8,14-15,17H,3,6-7,9-12H2,1-2H3,(H,22,24)/t14-,15+,17+,20+/m0/s1. The summed E-state index contributed by atoms with van der Waals surface area (Å²) in [5.41, 5.74) is 1.18. The van der Waals surface area contributed by atoms with Gasteiger partial charge in [0.25, 0.3) is 0 Å². The fraction of sp³-hybridized carbons (Fsp3) is 0.650. The summed E-state index contributed by atoms with van der Waals surface area (Å²) in [6, 6.07) is 6.00. The van der Waals surface area contributed by atoms with E-state index in [1.54, 1.807) is 7.11 Å². The lowest BCUT2D eigenvalue weighted by Crippen LogP contribution is -2.41. The third-order valence-electron chi connectivity index (χ3n) is 6.33. The maximum absolute atomic E-state index is 11.7. The monoisotopic (exact) mass is 378 g/mol. The molecular formula is C20H27ClN2O3. The van der Waals surface area contributed by atoms with Crippen molar-refractivity contribution >= 4 is 17.5 Å². The highest BCUT2D eigenvalue weighted by Gasteiger charge is 2.62. The Morgan fingerprint density at radius 2 is 2.35 bits per heavy atom. The van der Waals surface area contributed by atoms with Crippen LogP contribution in [0.4, 0.5) is 0 Å². The van der Waals surface area contributed by atoms with Gasteiger partial charge >= 0.3 is 0 Å². The molecule has 3 aliphatic heterocycles. The van der Waals surface area contributed by atoms with Crippen LogP contribution in [0, 0.1) is 11.8 Å². The van der Waals surface area contributed by atoms with Crippen molar-refractivity contribution in [3.8, 4) is 5.75 Å². The Labute approximate surface area is 160 Å². The minimum atomic E-state index is -0.0114. The van der Waals surface area contributed by atoms with Gasteiger partial charge in [-0.05, 0) is 30.5 Å². The molecule has 1 amide bonds. The van der Waals surface area contributed by atoms with E-state index in [0.717, 1.165) is 39.0 Å². The van der Waals surface area contributed by atoms with Crippen LogP contribution in [-0.2, 0) is 16.1 Å². The van der Waals surface area contributed by atoms with Crippen LogP contribution < -0.4 is 10.1 Å². The second kappa shape index (κ2) is 7.02. The number of fused-ring (bicyclic) bond motifs is 1. The number of amides is 1. The minimum Gasteiger partial charge on any atom is -0.495 e. The molecule has 1 aromatic carbocycles. The molecule has 26 heavy (non-hydrogen) atoms. The van der Waals surface area contributed by atoms with Crippen molar-refractivity contribution in [3.05, 3.63) is 28.8 Å². The highest BCUT2D eigenvalue weighted by molar-refractivity contribution is 6.32. The van der Waals surface area contributed by atoms with Gasteiger partial charge in [-0.25, -0.2) is 0 Å². The number of methoxy groups -OCH3 is 1. The van der Waals surface area contributed by atoms with Crippen LogP contribution in [0.2, 0.25) is 5.02 Å². The first-order valence-corrected chi connectivity index (χ1v) is 9.91. The van der Waals surface area contributed by atoms with E-state index >= 15 is 0 Å². The second-order valence-corrected chi connectivity index (χ2v) is 8.23. The lowest BCUT2D eigenvalue weighted by molar-refractivity contribution is -0.121. The molecule has 5 nitrogen and oxygen atoms in total. The minimum absolute atomic E-state index is 0.0114. The van der Waals surface area contributed by atoms with Gasteiger partial charge in [-0.3, -0.25) is 9.69 Å². The first kappa shape index (κ1) is 18.1. The van der Waals surface area contributed by atoms with Crippen LogP contribution in [0.5, 0.6) is 5.75 Å². The van der Waals surface area contributed by atoms with Gasteiger partial charge in [-0.15, -0.1) is 0 Å². The zero-order valence-electron chi connectivity index (χ0n) is 15.5. The van der Waals surface area contributed by atoms with Gasteiger partial charge < -0.3 is 14.8 Å². The molecule has 2 bridgehead atoms. The average molecular weight is 379 g/mol. The molecular weight excluding hydrogens is 352 g/mol. The van der Waals surface area contributed by atoms with Crippen molar-refractivity contribution in [2.75, 3.05) is 26.7 Å². The van der Waals surface area contributed by atoms with Crippen molar-refractivity contribution in [3.63, 3.8) is 0 Å². The number of nitrogens with one attached hydrogen (secondary N) is 1. The third-order valence-corrected chi connectivity index (χ3v) is 6.63. The topological polar surface area (TPSA) is 50.8 Å². The molecule has 3 aliphatic rings. The van der Waals surface area contributed by atoms with Gasteiger partial charge in [0.1, 0.15) is 5.75 Å². The zero-order valence-corrected chi connectivity index (χ0v) is 16.2. The summed E-state index contributed by atoms with van der Waals surface area (Å²) in [6.45, 7) is 5.49. The number of carbonyl (C=O) groups excluding carboxylic acids is 1. The van der Waals surface area contributed by atoms with E-state index in [1.165, 1.54) is 5.56 Å². The maximum Gasteiger partial charge on any atom is 0.219 e. The molecule has 6 heteroatoms. The van der Waals surface area contributed by atoms with Crippen molar-refractivity contribution in [2.45, 2.75) is 44.4 Å². The van der Waals surface area contributed by atoms with E-state index in [2.05, 4.69) is 16.3 Å². The molecule has 0 aliphatic carbocycles. The Morgan fingerprint density at radius 1 is 1.50 bits per heavy atom. The van der Waals surface area contributed by atoms with Gasteiger partial charge in [0, 0.05) is 44.4 Å². The largest absolute Gasteiger partial charge is 0.495 e. The highest BCUT2D eigenvalue weighted by atomic mass is 35.5. The Kier molecular flexibility index (Phi) is 4.88. The summed E-state index contributed by atoms with van der Waals surface area (Å²) in [5.74, 6) is 1.78. The second-order valence-electron chi connectivity index (χ2n) is 7.83. The molecule has 142 valence electrons. The van der Waals surface area contributed by atoms with Crippen molar-refractivity contribution < 1.29 is 14.3 Å². The molecule has 0 unspecified atom stereocenters. The van der Waals surface area contributed by atoms with Gasteiger partial charge in [0.05, 0.1) is 23.8 Å². The van der Waals surface area contributed by atoms with E-state index in [0.29, 0.717) is 35.1 Å². The fourth-order valence-electron chi connectivity index (χ4n) is 5.10. The van der Waals surface area contributed by atoms with E-state index in [-0.39, 0.29) is 11.5 Å². The lowest BCUT2D eigenvalue weighted by atomic mass is 9.73. The molecule has 0 aromatic heterocycles. The molecule has 3 heterocycles. The molecule has 1 N–H and O–H groups in total. The third kappa shape index (κ3) is 3.10. The van der Waals surface area contributed by atoms with Crippen molar-refractivity contribution in [2.24, 2.45) is 11.8 Å². The van der Waals surface area contributed by atoms with E-state index in [4.69, 9.17) is 21.1 Å². The zero-order chi connectivity index (χ0) is 18.3. The summed E-state index contributed by atoms with van der Waals surface area (Å²) in [5, 5.41) is 3.74. The summed E-state index contributed by atoms with van der Waals surface area (Å²) < 4.78 is 11.7. The van der Waals surface area contributed by atoms with Crippen LogP contribution >= 0.6 is 11.6 Å². The van der Waals surface area contributed by atoms with Crippen LogP contribution in [0.15, 0.2) is 18.2 Å². The molecule has 3 saturated heterocycles. The average Bonchev–Trinajstić information content (AvgIpc) is 3.27. The summed E-state index contributed by atoms with van der Waals surface area (Å²) in [4.78, 5) is 14.1. The van der Waals surface area contributed by atoms with Crippen LogP contribution in [0.3, 0.4) is 0 Å². The number of nitrogens with zero attached hydrogens (tertiary/aromatic N) is 1. The molecule has 1 aromatic rings. The predicted molar refractivity (Wildman–Crippen MR) is 100 cm³/mol. The Balaban J connectivity index is 1.43. The van der Waals surface area contributed by atoms with E-state index < -0.39 is 0 Å². The normalized spacial score (nSPS) is 32.7. The van der Waals surface area contributed by atoms with Crippen molar-refractivity contribution in [1.82, 2.24) is 10.2 Å². The van der Waals surface area contributed by atoms with Crippen LogP contribution in [0.25, 0.3) is 0 Å². The Morgan fingerprint density at radius 3 is 3.08 bits per heavy atom. The first-order chi connectivity index (χ1) is 12.5. The smallest absolute Gasteiger partial charge is 0.219 e. The number of hydrogen-bond acceptors (Lipinski definition) is 4. The first-order valence-electron chi connectivity index (χ1n) is 9.54. The fourth-order valence-corrected chi connectivity index (χ4v) is 5.38. The Bertz CT molecular complexity index is 698. The van der Waals surface area contributed by atoms with Gasteiger partial charge in [-0.1, -0.05) is 24.6 Å². The number of likely N-dealkylation sites (tertiary alicyclic amines) is 1. The lowest BCUT2D eigenvalue weighted by Gasteiger charge is -2.29. The summed E-state index contributed by atoms with van der Waals surface area (Å²) in [7, 11) is 1.63. The van der Waals surface area contributed by atoms with Gasteiger partial charge in [0.15, 0.2) is 0 Å².